The Hall–Kier alpha value is -3.22. The van der Waals surface area contributed by atoms with E-state index in [1.165, 1.54) is 37.1 Å². The number of hydrogen-bond acceptors (Lipinski definition) is 5. The number of benzene rings is 1. The van der Waals surface area contributed by atoms with Gasteiger partial charge in [0.05, 0.1) is 18.9 Å². The van der Waals surface area contributed by atoms with E-state index >= 15 is 0 Å². The van der Waals surface area contributed by atoms with Crippen molar-refractivity contribution in [3.63, 3.8) is 0 Å². The maximum atomic E-state index is 12.5. The van der Waals surface area contributed by atoms with Gasteiger partial charge >= 0.3 is 0 Å². The van der Waals surface area contributed by atoms with E-state index in [1.54, 1.807) is 12.3 Å². The zero-order valence-corrected chi connectivity index (χ0v) is 18.3. The molecule has 7 heteroatoms. The molecule has 0 spiro atoms. The van der Waals surface area contributed by atoms with Crippen LogP contribution in [0.3, 0.4) is 0 Å². The van der Waals surface area contributed by atoms with Crippen LogP contribution in [-0.2, 0) is 9.59 Å². The van der Waals surface area contributed by atoms with Gasteiger partial charge in [-0.3, -0.25) is 9.59 Å². The number of amides is 2. The molecule has 2 aromatic rings. The van der Waals surface area contributed by atoms with Gasteiger partial charge in [0.15, 0.2) is 11.6 Å². The number of anilines is 1. The monoisotopic (exact) mass is 434 g/mol. The number of carbonyl (C=O) groups excluding carboxylic acids is 2. The molecule has 7 nitrogen and oxygen atoms in total. The molecule has 2 amide bonds. The molecular weight excluding hydrogens is 404 g/mol. The predicted octanol–water partition coefficient (Wildman–Crippen LogP) is 4.40. The summed E-state index contributed by atoms with van der Waals surface area (Å²) < 4.78 is 5.97. The highest BCUT2D eigenvalue weighted by atomic mass is 16.5. The Morgan fingerprint density at radius 3 is 2.66 bits per heavy atom. The normalized spacial score (nSPS) is 16.5. The van der Waals surface area contributed by atoms with Crippen LogP contribution < -0.4 is 10.1 Å². The molecule has 1 saturated carbocycles. The van der Waals surface area contributed by atoms with Gasteiger partial charge < -0.3 is 10.1 Å². The van der Waals surface area contributed by atoms with Crippen molar-refractivity contribution >= 4 is 23.3 Å². The fourth-order valence-corrected chi connectivity index (χ4v) is 4.18. The summed E-state index contributed by atoms with van der Waals surface area (Å²) in [5.41, 5.74) is 1.92. The Morgan fingerprint density at radius 1 is 1.03 bits per heavy atom. The summed E-state index contributed by atoms with van der Waals surface area (Å²) >= 11 is 0. The molecule has 1 N–H and O–H groups in total. The number of pyridine rings is 1. The van der Waals surface area contributed by atoms with Crippen molar-refractivity contribution in [2.24, 2.45) is 11.0 Å². The lowest BCUT2D eigenvalue weighted by atomic mass is 9.90. The van der Waals surface area contributed by atoms with Crippen LogP contribution in [0.5, 0.6) is 5.75 Å². The van der Waals surface area contributed by atoms with Crippen LogP contribution >= 0.6 is 0 Å². The average molecular weight is 435 g/mol. The largest absolute Gasteiger partial charge is 0.489 e. The van der Waals surface area contributed by atoms with Gasteiger partial charge in [0.1, 0.15) is 0 Å². The fourth-order valence-electron chi connectivity index (χ4n) is 4.18. The highest BCUT2D eigenvalue weighted by molar-refractivity contribution is 6.02. The van der Waals surface area contributed by atoms with E-state index in [2.05, 4.69) is 15.4 Å². The number of aromatic nitrogens is 1. The number of ether oxygens (including phenoxy) is 1. The lowest BCUT2D eigenvalue weighted by molar-refractivity contribution is -0.132. The summed E-state index contributed by atoms with van der Waals surface area (Å²) in [6.07, 6.45) is 8.71. The molecule has 0 saturated heterocycles. The maximum Gasteiger partial charge on any atom is 0.243 e. The first-order valence-electron chi connectivity index (χ1n) is 11.5. The standard InChI is InChI=1S/C25H30N4O3/c30-23(13-14-24(31)29-17-15-21(28-29)20-10-5-2-6-11-20)27-25-22(12-7-16-26-25)32-18-19-8-3-1-4-9-19/h2,5-7,10-12,16,19H,1,3-4,8-9,13-15,17-18H2,(H,26,27,30). The fraction of sp³-hybridized carbons (Fsp3) is 0.440. The molecule has 168 valence electrons. The van der Waals surface area contributed by atoms with E-state index in [-0.39, 0.29) is 24.7 Å². The molecule has 0 radical (unpaired) electrons. The van der Waals surface area contributed by atoms with E-state index < -0.39 is 0 Å². The van der Waals surface area contributed by atoms with Crippen LogP contribution in [0.1, 0.15) is 56.9 Å². The van der Waals surface area contributed by atoms with Crippen molar-refractivity contribution in [3.05, 3.63) is 54.2 Å². The third-order valence-electron chi connectivity index (χ3n) is 5.99. The van der Waals surface area contributed by atoms with Crippen molar-refractivity contribution in [1.82, 2.24) is 9.99 Å². The summed E-state index contributed by atoms with van der Waals surface area (Å²) in [6.45, 7) is 1.19. The molecule has 4 rings (SSSR count). The molecule has 1 aromatic carbocycles. The van der Waals surface area contributed by atoms with Crippen molar-refractivity contribution in [1.29, 1.82) is 0 Å². The van der Waals surface area contributed by atoms with Gasteiger partial charge in [0, 0.05) is 25.5 Å². The molecule has 1 aromatic heterocycles. The minimum Gasteiger partial charge on any atom is -0.489 e. The third kappa shape index (κ3) is 5.93. The topological polar surface area (TPSA) is 83.9 Å². The molecule has 0 atom stereocenters. The average Bonchev–Trinajstić information content (AvgIpc) is 3.34. The van der Waals surface area contributed by atoms with Crippen molar-refractivity contribution in [2.75, 3.05) is 18.5 Å². The first-order chi connectivity index (χ1) is 15.7. The third-order valence-corrected chi connectivity index (χ3v) is 5.99. The van der Waals surface area contributed by atoms with Crippen molar-refractivity contribution < 1.29 is 14.3 Å². The van der Waals surface area contributed by atoms with E-state index in [9.17, 15) is 9.59 Å². The maximum absolute atomic E-state index is 12.5. The number of carbonyl (C=O) groups is 2. The second-order valence-corrected chi connectivity index (χ2v) is 8.39. The summed E-state index contributed by atoms with van der Waals surface area (Å²) in [5.74, 6) is 1.14. The van der Waals surface area contributed by atoms with Gasteiger partial charge in [-0.2, -0.15) is 5.10 Å². The molecular formula is C25H30N4O3. The van der Waals surface area contributed by atoms with Gasteiger partial charge in [-0.05, 0) is 36.5 Å². The Bertz CT molecular complexity index is 955. The molecule has 2 heterocycles. The SMILES string of the molecule is O=C(CCC(=O)N1CCC(c2ccccc2)=N1)Nc1ncccc1OCC1CCCCC1. The van der Waals surface area contributed by atoms with E-state index in [1.807, 2.05) is 36.4 Å². The second kappa shape index (κ2) is 10.9. The zero-order chi connectivity index (χ0) is 22.2. The molecule has 2 aliphatic rings. The Labute approximate surface area is 188 Å². The lowest BCUT2D eigenvalue weighted by Crippen LogP contribution is -2.25. The Balaban J connectivity index is 1.26. The summed E-state index contributed by atoms with van der Waals surface area (Å²) in [5, 5.41) is 8.70. The Kier molecular flexibility index (Phi) is 7.48. The Morgan fingerprint density at radius 2 is 1.84 bits per heavy atom. The molecule has 32 heavy (non-hydrogen) atoms. The lowest BCUT2D eigenvalue weighted by Gasteiger charge is -2.22. The van der Waals surface area contributed by atoms with E-state index in [0.29, 0.717) is 30.6 Å². The smallest absolute Gasteiger partial charge is 0.243 e. The minimum absolute atomic E-state index is 0.0736. The summed E-state index contributed by atoms with van der Waals surface area (Å²) in [6, 6.07) is 13.5. The highest BCUT2D eigenvalue weighted by Gasteiger charge is 2.22. The van der Waals surface area contributed by atoms with Crippen LogP contribution in [0.4, 0.5) is 5.82 Å². The minimum atomic E-state index is -0.258. The van der Waals surface area contributed by atoms with E-state index in [4.69, 9.17) is 4.74 Å². The number of nitrogens with one attached hydrogen (secondary N) is 1. The molecule has 1 aliphatic heterocycles. The predicted molar refractivity (Wildman–Crippen MR) is 123 cm³/mol. The summed E-state index contributed by atoms with van der Waals surface area (Å²) in [7, 11) is 0. The molecule has 1 fully saturated rings. The molecule has 0 unspecified atom stereocenters. The van der Waals surface area contributed by atoms with Crippen molar-refractivity contribution in [2.45, 2.75) is 51.4 Å². The highest BCUT2D eigenvalue weighted by Crippen LogP contribution is 2.27. The van der Waals surface area contributed by atoms with E-state index in [0.717, 1.165) is 17.7 Å². The van der Waals surface area contributed by atoms with Gasteiger partial charge in [0.2, 0.25) is 11.8 Å². The second-order valence-electron chi connectivity index (χ2n) is 8.39. The number of hydrazone groups is 1. The van der Waals surface area contributed by atoms with Crippen LogP contribution in [0.25, 0.3) is 0 Å². The number of nitrogens with zero attached hydrogens (tertiary/aromatic N) is 3. The van der Waals surface area contributed by atoms with Crippen LogP contribution in [-0.4, -0.2) is 40.7 Å². The summed E-state index contributed by atoms with van der Waals surface area (Å²) in [4.78, 5) is 29.2. The van der Waals surface area contributed by atoms with Crippen LogP contribution in [0.15, 0.2) is 53.8 Å². The van der Waals surface area contributed by atoms with Gasteiger partial charge in [-0.15, -0.1) is 0 Å². The molecule has 0 bridgehead atoms. The van der Waals surface area contributed by atoms with Gasteiger partial charge in [-0.1, -0.05) is 49.6 Å². The van der Waals surface area contributed by atoms with Crippen molar-refractivity contribution in [3.8, 4) is 5.75 Å². The first-order valence-corrected chi connectivity index (χ1v) is 11.5. The first kappa shape index (κ1) is 22.0. The van der Waals surface area contributed by atoms with Crippen LogP contribution in [0, 0.1) is 5.92 Å². The zero-order valence-electron chi connectivity index (χ0n) is 18.3. The van der Waals surface area contributed by atoms with Gasteiger partial charge in [0.25, 0.3) is 0 Å². The van der Waals surface area contributed by atoms with Gasteiger partial charge in [-0.25, -0.2) is 9.99 Å². The quantitative estimate of drug-likeness (QED) is 0.668. The molecule has 1 aliphatic carbocycles. The number of hydrogen-bond donors (Lipinski definition) is 1. The number of rotatable bonds is 8. The van der Waals surface area contributed by atoms with Crippen LogP contribution in [0.2, 0.25) is 0 Å².